The summed E-state index contributed by atoms with van der Waals surface area (Å²) in [6, 6.07) is 0. The Bertz CT molecular complexity index is 539. The maximum atomic E-state index is 10.4. The fourth-order valence-electron chi connectivity index (χ4n) is 2.07. The van der Waals surface area contributed by atoms with E-state index in [0.717, 1.165) is 12.8 Å². The molecular weight excluding hydrogens is 340 g/mol. The van der Waals surface area contributed by atoms with Crippen LogP contribution in [-0.4, -0.2) is 35.5 Å². The van der Waals surface area contributed by atoms with Crippen molar-refractivity contribution in [2.24, 2.45) is 0 Å². The molecule has 150 valence electrons. The zero-order valence-corrected chi connectivity index (χ0v) is 16.5. The predicted molar refractivity (Wildman–Crippen MR) is 113 cm³/mol. The standard InChI is InChI=1S/C23H34O4/c1-3-4-5-6-7-11-16-21(24)17-12-8-9-13-18-22(27-2)19-14-10-15-20-23(25)26/h4-5,7-14,17-18,21-22,24H,3,6,15-16,19-20H2,1-2H3,(H,25,26)/b5-4-,9-8?,11-7-,14-10-,17-12?,18-13?. The molecule has 0 radical (unpaired) electrons. The summed E-state index contributed by atoms with van der Waals surface area (Å²) in [5, 5.41) is 18.4. The first kappa shape index (κ1) is 24.8. The monoisotopic (exact) mass is 374 g/mol. The van der Waals surface area contributed by atoms with Crippen LogP contribution >= 0.6 is 0 Å². The number of methoxy groups -OCH3 is 1. The molecule has 0 aromatic heterocycles. The summed E-state index contributed by atoms with van der Waals surface area (Å²) in [6.07, 6.45) is 26.7. The zero-order chi connectivity index (χ0) is 20.2. The summed E-state index contributed by atoms with van der Waals surface area (Å²) in [6.45, 7) is 2.11. The van der Waals surface area contributed by atoms with Crippen LogP contribution < -0.4 is 0 Å². The Kier molecular flexibility index (Phi) is 17.1. The second-order valence-electron chi connectivity index (χ2n) is 5.96. The summed E-state index contributed by atoms with van der Waals surface area (Å²) >= 11 is 0. The second-order valence-corrected chi connectivity index (χ2v) is 5.96. The van der Waals surface area contributed by atoms with E-state index in [9.17, 15) is 9.90 Å². The van der Waals surface area contributed by atoms with E-state index in [1.165, 1.54) is 0 Å². The lowest BCUT2D eigenvalue weighted by molar-refractivity contribution is -0.136. The van der Waals surface area contributed by atoms with Gasteiger partial charge in [0.05, 0.1) is 12.2 Å². The minimum absolute atomic E-state index is 0.0443. The van der Waals surface area contributed by atoms with Gasteiger partial charge in [-0.3, -0.25) is 4.79 Å². The fourth-order valence-corrected chi connectivity index (χ4v) is 2.07. The highest BCUT2D eigenvalue weighted by molar-refractivity contribution is 5.66. The first-order valence-electron chi connectivity index (χ1n) is 9.49. The van der Waals surface area contributed by atoms with E-state index in [-0.39, 0.29) is 12.5 Å². The van der Waals surface area contributed by atoms with Crippen LogP contribution in [0, 0.1) is 0 Å². The number of carboxylic acids is 1. The molecule has 2 unspecified atom stereocenters. The first-order chi connectivity index (χ1) is 13.1. The molecule has 4 heteroatoms. The molecule has 2 N–H and O–H groups in total. The molecule has 2 atom stereocenters. The van der Waals surface area contributed by atoms with Crippen molar-refractivity contribution in [3.8, 4) is 0 Å². The van der Waals surface area contributed by atoms with Crippen molar-refractivity contribution in [2.45, 2.75) is 57.7 Å². The van der Waals surface area contributed by atoms with Crippen LogP contribution in [-0.2, 0) is 9.53 Å². The van der Waals surface area contributed by atoms with Gasteiger partial charge in [-0.2, -0.15) is 0 Å². The third-order valence-corrected chi connectivity index (χ3v) is 3.57. The minimum atomic E-state index is -0.786. The largest absolute Gasteiger partial charge is 0.481 e. The molecule has 0 aliphatic heterocycles. The number of hydrogen-bond acceptors (Lipinski definition) is 3. The average Bonchev–Trinajstić information content (AvgIpc) is 2.65. The number of aliphatic carboxylic acids is 1. The Morgan fingerprint density at radius 1 is 0.926 bits per heavy atom. The number of aliphatic hydroxyl groups is 1. The highest BCUT2D eigenvalue weighted by Crippen LogP contribution is 2.03. The van der Waals surface area contributed by atoms with Gasteiger partial charge in [-0.25, -0.2) is 0 Å². The Hall–Kier alpha value is -2.17. The molecule has 0 saturated heterocycles. The SMILES string of the molecule is CC/C=C\C/C=C\CC(O)C=CC=CC=CC(C/C=C\CCC(=O)O)OC. The third kappa shape index (κ3) is 18.4. The minimum Gasteiger partial charge on any atom is -0.481 e. The van der Waals surface area contributed by atoms with Crippen LogP contribution in [0.2, 0.25) is 0 Å². The van der Waals surface area contributed by atoms with Crippen LogP contribution in [0.1, 0.15) is 45.4 Å². The van der Waals surface area contributed by atoms with Crippen LogP contribution in [0.4, 0.5) is 0 Å². The van der Waals surface area contributed by atoms with Gasteiger partial charge in [0, 0.05) is 13.5 Å². The molecule has 4 nitrogen and oxygen atoms in total. The predicted octanol–water partition coefficient (Wildman–Crippen LogP) is 5.14. The third-order valence-electron chi connectivity index (χ3n) is 3.57. The van der Waals surface area contributed by atoms with E-state index in [1.54, 1.807) is 13.2 Å². The van der Waals surface area contributed by atoms with Gasteiger partial charge < -0.3 is 14.9 Å². The molecule has 0 heterocycles. The lowest BCUT2D eigenvalue weighted by Gasteiger charge is -2.06. The zero-order valence-electron chi connectivity index (χ0n) is 16.5. The molecule has 0 amide bonds. The van der Waals surface area contributed by atoms with Crippen LogP contribution in [0.5, 0.6) is 0 Å². The van der Waals surface area contributed by atoms with Crippen molar-refractivity contribution in [2.75, 3.05) is 7.11 Å². The van der Waals surface area contributed by atoms with Gasteiger partial charge in [-0.15, -0.1) is 0 Å². The molecule has 0 bridgehead atoms. The van der Waals surface area contributed by atoms with Crippen molar-refractivity contribution in [1.29, 1.82) is 0 Å². The Morgan fingerprint density at radius 3 is 2.26 bits per heavy atom. The van der Waals surface area contributed by atoms with Crippen molar-refractivity contribution in [3.05, 3.63) is 72.9 Å². The lowest BCUT2D eigenvalue weighted by Crippen LogP contribution is -2.04. The number of aliphatic hydroxyl groups excluding tert-OH is 1. The van der Waals surface area contributed by atoms with Crippen LogP contribution in [0.25, 0.3) is 0 Å². The normalized spacial score (nSPS) is 15.4. The molecule has 0 fully saturated rings. The van der Waals surface area contributed by atoms with Gasteiger partial charge in [-0.1, -0.05) is 79.8 Å². The average molecular weight is 375 g/mol. The van der Waals surface area contributed by atoms with E-state index in [4.69, 9.17) is 9.84 Å². The molecule has 27 heavy (non-hydrogen) atoms. The fraction of sp³-hybridized carbons (Fsp3) is 0.435. The van der Waals surface area contributed by atoms with Crippen molar-refractivity contribution in [1.82, 2.24) is 0 Å². The molecule has 0 aliphatic rings. The van der Waals surface area contributed by atoms with Gasteiger partial charge in [0.2, 0.25) is 0 Å². The first-order valence-corrected chi connectivity index (χ1v) is 9.49. The number of carbonyl (C=O) groups is 1. The Balaban J connectivity index is 4.06. The van der Waals surface area contributed by atoms with Gasteiger partial charge in [0.1, 0.15) is 0 Å². The number of rotatable bonds is 15. The van der Waals surface area contributed by atoms with Crippen molar-refractivity contribution >= 4 is 5.97 Å². The number of allylic oxidation sites excluding steroid dienone is 8. The number of hydrogen-bond donors (Lipinski definition) is 2. The molecule has 0 aromatic rings. The Morgan fingerprint density at radius 2 is 1.59 bits per heavy atom. The molecule has 0 rings (SSSR count). The van der Waals surface area contributed by atoms with Crippen molar-refractivity contribution < 1.29 is 19.7 Å². The van der Waals surface area contributed by atoms with Gasteiger partial charge in [-0.05, 0) is 32.1 Å². The second kappa shape index (κ2) is 18.6. The molecule has 0 spiro atoms. The summed E-state index contributed by atoms with van der Waals surface area (Å²) in [4.78, 5) is 10.4. The maximum absolute atomic E-state index is 10.4. The van der Waals surface area contributed by atoms with Crippen LogP contribution in [0.3, 0.4) is 0 Å². The maximum Gasteiger partial charge on any atom is 0.303 e. The summed E-state index contributed by atoms with van der Waals surface area (Å²) < 4.78 is 5.34. The van der Waals surface area contributed by atoms with Gasteiger partial charge in [0.15, 0.2) is 0 Å². The lowest BCUT2D eigenvalue weighted by atomic mass is 10.2. The highest BCUT2D eigenvalue weighted by atomic mass is 16.5. The van der Waals surface area contributed by atoms with Crippen LogP contribution in [0.15, 0.2) is 72.9 Å². The molecule has 0 aliphatic carbocycles. The van der Waals surface area contributed by atoms with E-state index < -0.39 is 12.1 Å². The van der Waals surface area contributed by atoms with E-state index in [1.807, 2.05) is 48.6 Å². The van der Waals surface area contributed by atoms with Gasteiger partial charge in [0.25, 0.3) is 0 Å². The summed E-state index contributed by atoms with van der Waals surface area (Å²) in [7, 11) is 1.64. The quantitative estimate of drug-likeness (QED) is 0.307. The smallest absolute Gasteiger partial charge is 0.303 e. The Labute approximate surface area is 163 Å². The van der Waals surface area contributed by atoms with E-state index in [0.29, 0.717) is 19.3 Å². The highest BCUT2D eigenvalue weighted by Gasteiger charge is 1.98. The molecule has 0 aromatic carbocycles. The molecular formula is C23H34O4. The summed E-state index contributed by atoms with van der Waals surface area (Å²) in [5.41, 5.74) is 0. The van der Waals surface area contributed by atoms with Crippen molar-refractivity contribution in [3.63, 3.8) is 0 Å². The summed E-state index contributed by atoms with van der Waals surface area (Å²) in [5.74, 6) is -0.786. The number of ether oxygens (including phenoxy) is 1. The van der Waals surface area contributed by atoms with Gasteiger partial charge >= 0.3 is 5.97 Å². The van der Waals surface area contributed by atoms with E-state index in [2.05, 4.69) is 25.2 Å². The van der Waals surface area contributed by atoms with E-state index >= 15 is 0 Å². The number of carboxylic acid groups (broad SMARTS) is 1. The molecule has 0 saturated carbocycles. The topological polar surface area (TPSA) is 66.8 Å².